The maximum atomic E-state index is 12.2. The number of carbonyl (C=O) groups excluding carboxylic acids is 2. The predicted octanol–water partition coefficient (Wildman–Crippen LogP) is 1.62. The van der Waals surface area contributed by atoms with Crippen LogP contribution in [0.4, 0.5) is 5.69 Å². The highest BCUT2D eigenvalue weighted by Gasteiger charge is 2.26. The van der Waals surface area contributed by atoms with Gasteiger partial charge in [0.05, 0.1) is 30.1 Å². The van der Waals surface area contributed by atoms with Crippen molar-refractivity contribution in [1.29, 1.82) is 0 Å². The average molecular weight is 328 g/mol. The Morgan fingerprint density at radius 1 is 1.36 bits per heavy atom. The van der Waals surface area contributed by atoms with Gasteiger partial charge in [-0.25, -0.2) is 4.79 Å². The monoisotopic (exact) mass is 328 g/mol. The zero-order chi connectivity index (χ0) is 16.9. The molecule has 0 saturated carbocycles. The van der Waals surface area contributed by atoms with E-state index < -0.39 is 28.5 Å². The molecule has 0 bridgehead atoms. The molecule has 0 spiro atoms. The van der Waals surface area contributed by atoms with E-state index in [1.807, 2.05) is 0 Å². The van der Waals surface area contributed by atoms with Crippen molar-refractivity contribution in [3.63, 3.8) is 0 Å². The molecule has 0 unspecified atom stereocenters. The van der Waals surface area contributed by atoms with Crippen molar-refractivity contribution in [2.24, 2.45) is 0 Å². The van der Waals surface area contributed by atoms with Crippen molar-refractivity contribution in [2.45, 2.75) is 17.9 Å². The van der Waals surface area contributed by atoms with Crippen molar-refractivity contribution in [1.82, 2.24) is 5.32 Å². The molecular formula is C13H16N2O6S. The minimum atomic E-state index is -0.920. The van der Waals surface area contributed by atoms with E-state index in [1.165, 1.54) is 45.0 Å². The van der Waals surface area contributed by atoms with E-state index >= 15 is 0 Å². The lowest BCUT2D eigenvalue weighted by atomic mass is 10.1. The molecule has 1 aromatic rings. The first-order chi connectivity index (χ1) is 10.3. The molecule has 9 heteroatoms. The highest BCUT2D eigenvalue weighted by atomic mass is 32.2. The van der Waals surface area contributed by atoms with Crippen LogP contribution in [0, 0.1) is 10.1 Å². The number of hydrogen-bond acceptors (Lipinski definition) is 7. The number of carbonyl (C=O) groups is 2. The predicted molar refractivity (Wildman–Crippen MR) is 80.4 cm³/mol. The number of amides is 1. The van der Waals surface area contributed by atoms with Crippen LogP contribution >= 0.6 is 11.8 Å². The highest BCUT2D eigenvalue weighted by Crippen LogP contribution is 2.34. The van der Waals surface area contributed by atoms with E-state index in [9.17, 15) is 19.7 Å². The van der Waals surface area contributed by atoms with Gasteiger partial charge >= 0.3 is 5.97 Å². The molecule has 0 aliphatic rings. The summed E-state index contributed by atoms with van der Waals surface area (Å²) in [5.41, 5.74) is -0.546. The molecule has 1 aromatic carbocycles. The fourth-order valence-electron chi connectivity index (χ4n) is 1.71. The molecule has 1 rings (SSSR count). The van der Waals surface area contributed by atoms with Gasteiger partial charge < -0.3 is 14.8 Å². The second-order valence-corrected chi connectivity index (χ2v) is 5.05. The second kappa shape index (κ2) is 7.64. The number of hydrogen-bond donors (Lipinski definition) is 1. The molecule has 0 aliphatic heterocycles. The van der Waals surface area contributed by atoms with Gasteiger partial charge in [0.15, 0.2) is 0 Å². The summed E-state index contributed by atoms with van der Waals surface area (Å²) < 4.78 is 9.56. The number of rotatable bonds is 6. The molecule has 1 atom stereocenters. The lowest BCUT2D eigenvalue weighted by molar-refractivity contribution is -0.385. The van der Waals surface area contributed by atoms with Crippen LogP contribution in [0.2, 0.25) is 0 Å². The number of nitro groups is 1. The Labute approximate surface area is 131 Å². The van der Waals surface area contributed by atoms with Gasteiger partial charge in [-0.15, -0.1) is 11.8 Å². The summed E-state index contributed by atoms with van der Waals surface area (Å²) >= 11 is 1.28. The Morgan fingerprint density at radius 2 is 2.00 bits per heavy atom. The van der Waals surface area contributed by atoms with Crippen LogP contribution in [0.3, 0.4) is 0 Å². The summed E-state index contributed by atoms with van der Waals surface area (Å²) in [6.45, 7) is 1.43. The second-order valence-electron chi connectivity index (χ2n) is 4.20. The zero-order valence-corrected chi connectivity index (χ0v) is 13.4. The first-order valence-electron chi connectivity index (χ1n) is 6.14. The molecular weight excluding hydrogens is 312 g/mol. The molecule has 1 N–H and O–H groups in total. The normalized spacial score (nSPS) is 11.5. The third-order valence-corrected chi connectivity index (χ3v) is 3.60. The van der Waals surface area contributed by atoms with Gasteiger partial charge in [0.1, 0.15) is 17.4 Å². The Hall–Kier alpha value is -2.29. The lowest BCUT2D eigenvalue weighted by Crippen LogP contribution is -2.39. The highest BCUT2D eigenvalue weighted by molar-refractivity contribution is 7.98. The van der Waals surface area contributed by atoms with Gasteiger partial charge in [-0.3, -0.25) is 14.9 Å². The molecule has 0 saturated heterocycles. The first kappa shape index (κ1) is 17.8. The first-order valence-corrected chi connectivity index (χ1v) is 7.37. The van der Waals surface area contributed by atoms with E-state index in [0.717, 1.165) is 0 Å². The van der Waals surface area contributed by atoms with E-state index in [1.54, 1.807) is 6.26 Å². The summed E-state index contributed by atoms with van der Waals surface area (Å²) in [5, 5.41) is 13.5. The van der Waals surface area contributed by atoms with Crippen molar-refractivity contribution in [3.8, 4) is 5.75 Å². The largest absolute Gasteiger partial charge is 0.495 e. The number of nitrogens with zero attached hydrogens (tertiary/aromatic N) is 1. The van der Waals surface area contributed by atoms with Crippen LogP contribution in [-0.2, 0) is 9.53 Å². The number of methoxy groups -OCH3 is 2. The van der Waals surface area contributed by atoms with Crippen LogP contribution in [0.5, 0.6) is 5.75 Å². The average Bonchev–Trinajstić information content (AvgIpc) is 2.52. The number of thioether (sulfide) groups is 1. The number of benzene rings is 1. The molecule has 1 amide bonds. The SMILES string of the molecule is COC(=O)[C@H](C)NC(=O)c1cc(SC)c(OC)cc1[N+](=O)[O-]. The quantitative estimate of drug-likeness (QED) is 0.366. The zero-order valence-electron chi connectivity index (χ0n) is 12.5. The van der Waals surface area contributed by atoms with Gasteiger partial charge in [-0.2, -0.15) is 0 Å². The number of ether oxygens (including phenoxy) is 2. The van der Waals surface area contributed by atoms with Crippen molar-refractivity contribution >= 4 is 29.3 Å². The molecule has 0 aromatic heterocycles. The smallest absolute Gasteiger partial charge is 0.328 e. The van der Waals surface area contributed by atoms with E-state index in [4.69, 9.17) is 4.74 Å². The van der Waals surface area contributed by atoms with Crippen LogP contribution in [0.1, 0.15) is 17.3 Å². The number of esters is 1. The summed E-state index contributed by atoms with van der Waals surface area (Å²) in [6, 6.07) is 1.63. The number of nitrogens with one attached hydrogen (secondary N) is 1. The van der Waals surface area contributed by atoms with E-state index in [-0.39, 0.29) is 5.56 Å². The van der Waals surface area contributed by atoms with Crippen molar-refractivity contribution in [2.75, 3.05) is 20.5 Å². The van der Waals surface area contributed by atoms with Crippen molar-refractivity contribution in [3.05, 3.63) is 27.8 Å². The van der Waals surface area contributed by atoms with Gasteiger partial charge in [-0.05, 0) is 19.2 Å². The third kappa shape index (κ3) is 3.88. The number of nitro benzene ring substituents is 1. The molecule has 8 nitrogen and oxygen atoms in total. The minimum Gasteiger partial charge on any atom is -0.495 e. The summed E-state index contributed by atoms with van der Waals surface area (Å²) in [5.74, 6) is -1.08. The summed E-state index contributed by atoms with van der Waals surface area (Å²) in [4.78, 5) is 34.6. The summed E-state index contributed by atoms with van der Waals surface area (Å²) in [7, 11) is 2.57. The Kier molecular flexibility index (Phi) is 6.17. The fraction of sp³-hybridized carbons (Fsp3) is 0.385. The minimum absolute atomic E-state index is 0.147. The van der Waals surface area contributed by atoms with Crippen molar-refractivity contribution < 1.29 is 24.0 Å². The maximum absolute atomic E-state index is 12.2. The van der Waals surface area contributed by atoms with E-state index in [2.05, 4.69) is 10.1 Å². The van der Waals surface area contributed by atoms with Gasteiger partial charge in [0, 0.05) is 0 Å². The summed E-state index contributed by atoms with van der Waals surface area (Å²) in [6.07, 6.45) is 1.75. The molecule has 0 heterocycles. The Morgan fingerprint density at radius 3 is 2.45 bits per heavy atom. The molecule has 0 fully saturated rings. The fourth-order valence-corrected chi connectivity index (χ4v) is 2.29. The molecule has 0 radical (unpaired) electrons. The molecule has 120 valence electrons. The van der Waals surface area contributed by atoms with Crippen LogP contribution in [0.15, 0.2) is 17.0 Å². The van der Waals surface area contributed by atoms with Gasteiger partial charge in [0.2, 0.25) is 0 Å². The topological polar surface area (TPSA) is 108 Å². The van der Waals surface area contributed by atoms with Crippen LogP contribution < -0.4 is 10.1 Å². The standard InChI is InChI=1S/C13H16N2O6S/c1-7(13(17)21-3)14-12(16)8-5-11(22-4)10(20-2)6-9(8)15(18)19/h5-7H,1-4H3,(H,14,16)/t7-/m0/s1. The van der Waals surface area contributed by atoms with Crippen LogP contribution in [-0.4, -0.2) is 43.3 Å². The maximum Gasteiger partial charge on any atom is 0.328 e. The van der Waals surface area contributed by atoms with Crippen LogP contribution in [0.25, 0.3) is 0 Å². The Balaban J connectivity index is 3.24. The molecule has 22 heavy (non-hydrogen) atoms. The Bertz CT molecular complexity index is 604. The van der Waals surface area contributed by atoms with E-state index in [0.29, 0.717) is 10.6 Å². The van der Waals surface area contributed by atoms with Gasteiger partial charge in [0.25, 0.3) is 11.6 Å². The third-order valence-electron chi connectivity index (χ3n) is 2.85. The van der Waals surface area contributed by atoms with Gasteiger partial charge in [-0.1, -0.05) is 0 Å². The molecule has 0 aliphatic carbocycles. The lowest BCUT2D eigenvalue weighted by Gasteiger charge is -2.13.